The minimum absolute atomic E-state index is 0.862. The molecular weight excluding hydrogens is 95.0 g/mol. The molecule has 1 unspecified atom stereocenters. The van der Waals surface area contributed by atoms with Gasteiger partial charge in [-0.1, -0.05) is 8.58 Å². The second-order valence-electron chi connectivity index (χ2n) is 0.991. The maximum Gasteiger partial charge on any atom is 0.0628 e. The Labute approximate surface area is 40.9 Å². The van der Waals surface area contributed by atoms with Crippen molar-refractivity contribution in [3.8, 4) is 0 Å². The molecule has 6 heavy (non-hydrogen) atoms. The van der Waals surface area contributed by atoms with Crippen LogP contribution >= 0.6 is 8.58 Å². The van der Waals surface area contributed by atoms with Gasteiger partial charge in [-0.2, -0.15) is 0 Å². The fourth-order valence-electron chi connectivity index (χ4n) is 0.204. The fourth-order valence-corrected chi connectivity index (χ4v) is 0.612. The molecule has 0 saturated heterocycles. The minimum Gasteiger partial charge on any atom is -0.378 e. The monoisotopic (exact) mass is 106 g/mol. The van der Waals surface area contributed by atoms with Crippen LogP contribution in [0.1, 0.15) is 6.92 Å². The van der Waals surface area contributed by atoms with Gasteiger partial charge in [0.1, 0.15) is 0 Å². The smallest absolute Gasteiger partial charge is 0.0628 e. The lowest BCUT2D eigenvalue weighted by atomic mass is 10.9. The van der Waals surface area contributed by atoms with E-state index >= 15 is 0 Å². The van der Waals surface area contributed by atoms with E-state index in [-0.39, 0.29) is 0 Å². The molecule has 38 valence electrons. The number of hydrogen-bond donors (Lipinski definition) is 0. The molecule has 0 fully saturated rings. The summed E-state index contributed by atoms with van der Waals surface area (Å²) in [6.07, 6.45) is 0.941. The van der Waals surface area contributed by atoms with Crippen molar-refractivity contribution in [1.29, 1.82) is 0 Å². The predicted molar refractivity (Wildman–Crippen MR) is 30.7 cm³/mol. The third-order valence-electron chi connectivity index (χ3n) is 0.451. The molecule has 0 spiro atoms. The molecule has 0 aliphatic rings. The quantitative estimate of drug-likeness (QED) is 0.389. The minimum atomic E-state index is 0.862. The van der Waals surface area contributed by atoms with Crippen molar-refractivity contribution < 1.29 is 4.74 Å². The highest BCUT2D eigenvalue weighted by molar-refractivity contribution is 7.36. The lowest BCUT2D eigenvalue weighted by molar-refractivity contribution is 0.197. The molecule has 0 N–H and O–H groups in total. The zero-order valence-electron chi connectivity index (χ0n) is 4.32. The van der Waals surface area contributed by atoms with Crippen LogP contribution in [0.25, 0.3) is 0 Å². The third kappa shape index (κ3) is 4.39. The van der Waals surface area contributed by atoms with Gasteiger partial charge in [0.05, 0.1) is 6.35 Å². The van der Waals surface area contributed by atoms with Gasteiger partial charge >= 0.3 is 0 Å². The summed E-state index contributed by atoms with van der Waals surface area (Å²) in [7, 11) is 0.942. The van der Waals surface area contributed by atoms with Crippen molar-refractivity contribution in [2.75, 3.05) is 19.6 Å². The van der Waals surface area contributed by atoms with Crippen LogP contribution in [0.15, 0.2) is 0 Å². The van der Waals surface area contributed by atoms with Crippen LogP contribution in [0, 0.1) is 0 Å². The Morgan fingerprint density at radius 1 is 1.67 bits per heavy atom. The topological polar surface area (TPSA) is 9.23 Å². The standard InChI is InChI=1S/C4H11OP/c1-3-5-4-6-2/h6H,3-4H2,1-2H3. The van der Waals surface area contributed by atoms with Crippen LogP contribution in [0.3, 0.4) is 0 Å². The van der Waals surface area contributed by atoms with E-state index in [1.165, 1.54) is 0 Å². The Balaban J connectivity index is 2.34. The SMILES string of the molecule is CCOCPC. The van der Waals surface area contributed by atoms with E-state index in [4.69, 9.17) is 4.74 Å². The first-order chi connectivity index (χ1) is 2.91. The molecule has 0 saturated carbocycles. The number of ether oxygens (including phenoxy) is 1. The molecule has 0 aromatic heterocycles. The van der Waals surface area contributed by atoms with Crippen LogP contribution in [0.5, 0.6) is 0 Å². The average Bonchev–Trinajstić information content (AvgIpc) is 1.61. The van der Waals surface area contributed by atoms with Crippen LogP contribution < -0.4 is 0 Å². The summed E-state index contributed by atoms with van der Waals surface area (Å²) >= 11 is 0. The van der Waals surface area contributed by atoms with E-state index in [0.717, 1.165) is 21.5 Å². The molecule has 0 radical (unpaired) electrons. The molecule has 0 bridgehead atoms. The van der Waals surface area contributed by atoms with Crippen LogP contribution in [0.4, 0.5) is 0 Å². The van der Waals surface area contributed by atoms with Gasteiger partial charge in [-0.3, -0.25) is 0 Å². The second-order valence-corrected chi connectivity index (χ2v) is 1.99. The van der Waals surface area contributed by atoms with Gasteiger partial charge < -0.3 is 4.74 Å². The summed E-state index contributed by atoms with van der Waals surface area (Å²) in [5, 5.41) is 0. The first-order valence-corrected chi connectivity index (χ1v) is 3.85. The van der Waals surface area contributed by atoms with E-state index in [1.54, 1.807) is 0 Å². The van der Waals surface area contributed by atoms with Gasteiger partial charge in [0.15, 0.2) is 0 Å². The van der Waals surface area contributed by atoms with Crippen molar-refractivity contribution in [3.05, 3.63) is 0 Å². The molecule has 0 aromatic carbocycles. The maximum absolute atomic E-state index is 4.99. The van der Waals surface area contributed by atoms with Crippen LogP contribution in [-0.2, 0) is 4.74 Å². The summed E-state index contributed by atoms with van der Waals surface area (Å²) in [6.45, 7) is 5.01. The molecule has 0 aliphatic heterocycles. The van der Waals surface area contributed by atoms with Gasteiger partial charge in [-0.05, 0) is 13.6 Å². The largest absolute Gasteiger partial charge is 0.378 e. The summed E-state index contributed by atoms with van der Waals surface area (Å²) in [4.78, 5) is 0. The van der Waals surface area contributed by atoms with Gasteiger partial charge in [-0.15, -0.1) is 0 Å². The van der Waals surface area contributed by atoms with E-state index < -0.39 is 0 Å². The van der Waals surface area contributed by atoms with Crippen molar-refractivity contribution in [3.63, 3.8) is 0 Å². The van der Waals surface area contributed by atoms with Crippen molar-refractivity contribution >= 4 is 8.58 Å². The fraction of sp³-hybridized carbons (Fsp3) is 1.00. The Morgan fingerprint density at radius 3 is 2.50 bits per heavy atom. The predicted octanol–water partition coefficient (Wildman–Crippen LogP) is 1.29. The molecule has 0 aliphatic carbocycles. The lowest BCUT2D eigenvalue weighted by Gasteiger charge is -1.91. The Bertz CT molecular complexity index is 19.5. The molecule has 2 heteroatoms. The Morgan fingerprint density at radius 2 is 2.33 bits per heavy atom. The molecule has 0 aromatic rings. The summed E-state index contributed by atoms with van der Waals surface area (Å²) in [5.41, 5.74) is 0. The molecule has 1 atom stereocenters. The van der Waals surface area contributed by atoms with E-state index in [0.29, 0.717) is 0 Å². The molecule has 0 rings (SSSR count). The Kier molecular flexibility index (Phi) is 5.74. The highest BCUT2D eigenvalue weighted by Gasteiger charge is 1.72. The lowest BCUT2D eigenvalue weighted by Crippen LogP contribution is -1.83. The third-order valence-corrected chi connectivity index (χ3v) is 0.943. The van der Waals surface area contributed by atoms with Gasteiger partial charge in [0, 0.05) is 6.61 Å². The Hall–Kier alpha value is 0.390. The molecule has 1 nitrogen and oxygen atoms in total. The van der Waals surface area contributed by atoms with Crippen molar-refractivity contribution in [2.24, 2.45) is 0 Å². The highest BCUT2D eigenvalue weighted by atomic mass is 31.1. The average molecular weight is 106 g/mol. The zero-order valence-corrected chi connectivity index (χ0v) is 5.32. The molecular formula is C4H11OP. The van der Waals surface area contributed by atoms with Gasteiger partial charge in [0.2, 0.25) is 0 Å². The molecule has 0 heterocycles. The van der Waals surface area contributed by atoms with E-state index in [9.17, 15) is 0 Å². The first-order valence-electron chi connectivity index (χ1n) is 2.14. The number of hydrogen-bond acceptors (Lipinski definition) is 1. The summed E-state index contributed by atoms with van der Waals surface area (Å²) in [6, 6.07) is 0. The van der Waals surface area contributed by atoms with Crippen LogP contribution in [0.2, 0.25) is 0 Å². The van der Waals surface area contributed by atoms with Crippen molar-refractivity contribution in [2.45, 2.75) is 6.92 Å². The number of rotatable bonds is 3. The van der Waals surface area contributed by atoms with Crippen molar-refractivity contribution in [1.82, 2.24) is 0 Å². The van der Waals surface area contributed by atoms with E-state index in [1.807, 2.05) is 6.92 Å². The zero-order chi connectivity index (χ0) is 4.83. The van der Waals surface area contributed by atoms with Crippen LogP contribution in [-0.4, -0.2) is 19.6 Å². The molecule has 0 amide bonds. The maximum atomic E-state index is 4.99. The normalized spacial score (nSPS) is 11.0. The summed E-state index contributed by atoms with van der Waals surface area (Å²) < 4.78 is 4.99. The first kappa shape index (κ1) is 6.39. The van der Waals surface area contributed by atoms with E-state index in [2.05, 4.69) is 6.66 Å². The van der Waals surface area contributed by atoms with Gasteiger partial charge in [0.25, 0.3) is 0 Å². The highest BCUT2D eigenvalue weighted by Crippen LogP contribution is 1.99. The van der Waals surface area contributed by atoms with Gasteiger partial charge in [-0.25, -0.2) is 0 Å². The summed E-state index contributed by atoms with van der Waals surface area (Å²) in [5.74, 6) is 0. The second kappa shape index (κ2) is 5.39.